The average molecular weight is 227 g/mol. The number of aliphatic hydroxyl groups excluding tert-OH is 2. The van der Waals surface area contributed by atoms with Gasteiger partial charge in [0.1, 0.15) is 11.9 Å². The fourth-order valence-electron chi connectivity index (χ4n) is 1.15. The molecule has 0 spiro atoms. The Kier molecular flexibility index (Phi) is 4.09. The second-order valence-corrected chi connectivity index (χ2v) is 3.41. The van der Waals surface area contributed by atoms with Crippen LogP contribution in [0.3, 0.4) is 0 Å². The summed E-state index contributed by atoms with van der Waals surface area (Å²) < 4.78 is 13.2. The maximum atomic E-state index is 13.2. The standard InChI is InChI=1S/C10H10FNO2S/c11-8-2-1-6(4-12)3-7(8)10(14)9(13)5-15/h1-3,9-10,13-15H,5H2. The van der Waals surface area contributed by atoms with Gasteiger partial charge in [0.2, 0.25) is 0 Å². The molecule has 80 valence electrons. The SMILES string of the molecule is N#Cc1ccc(F)c(C(O)C(O)CS)c1. The summed E-state index contributed by atoms with van der Waals surface area (Å²) in [6.07, 6.45) is -2.52. The van der Waals surface area contributed by atoms with E-state index in [0.717, 1.165) is 6.07 Å². The van der Waals surface area contributed by atoms with E-state index >= 15 is 0 Å². The minimum absolute atomic E-state index is 0.0113. The normalized spacial score (nSPS) is 14.3. The maximum Gasteiger partial charge on any atom is 0.129 e. The van der Waals surface area contributed by atoms with E-state index in [1.807, 2.05) is 6.07 Å². The molecule has 0 radical (unpaired) electrons. The van der Waals surface area contributed by atoms with E-state index in [1.54, 1.807) is 0 Å². The summed E-state index contributed by atoms with van der Waals surface area (Å²) in [5, 5.41) is 27.4. The lowest BCUT2D eigenvalue weighted by atomic mass is 10.0. The van der Waals surface area contributed by atoms with Gasteiger partial charge in [-0.15, -0.1) is 0 Å². The fraction of sp³-hybridized carbons (Fsp3) is 0.300. The van der Waals surface area contributed by atoms with Gasteiger partial charge in [-0.2, -0.15) is 17.9 Å². The van der Waals surface area contributed by atoms with Crippen LogP contribution in [-0.2, 0) is 0 Å². The van der Waals surface area contributed by atoms with Crippen molar-refractivity contribution in [2.45, 2.75) is 12.2 Å². The van der Waals surface area contributed by atoms with Crippen LogP contribution in [0.1, 0.15) is 17.2 Å². The molecular formula is C10H10FNO2S. The highest BCUT2D eigenvalue weighted by Crippen LogP contribution is 2.22. The van der Waals surface area contributed by atoms with Gasteiger partial charge < -0.3 is 10.2 Å². The molecule has 1 aromatic rings. The topological polar surface area (TPSA) is 64.2 Å². The molecule has 2 unspecified atom stereocenters. The van der Waals surface area contributed by atoms with Crippen molar-refractivity contribution in [2.24, 2.45) is 0 Å². The van der Waals surface area contributed by atoms with Crippen LogP contribution < -0.4 is 0 Å². The van der Waals surface area contributed by atoms with E-state index < -0.39 is 18.0 Å². The molecule has 0 saturated carbocycles. The molecule has 2 atom stereocenters. The molecule has 1 rings (SSSR count). The minimum Gasteiger partial charge on any atom is -0.389 e. The molecule has 5 heteroatoms. The van der Waals surface area contributed by atoms with Crippen LogP contribution in [0.4, 0.5) is 4.39 Å². The molecule has 2 N–H and O–H groups in total. The summed E-state index contributed by atoms with van der Waals surface area (Å²) in [5.41, 5.74) is 0.146. The van der Waals surface area contributed by atoms with Gasteiger partial charge in [-0.25, -0.2) is 4.39 Å². The quantitative estimate of drug-likeness (QED) is 0.675. The summed E-state index contributed by atoms with van der Waals surface area (Å²) in [5.74, 6) is -0.639. The number of hydrogen-bond acceptors (Lipinski definition) is 4. The molecule has 0 aromatic heterocycles. The van der Waals surface area contributed by atoms with Gasteiger partial charge in [-0.1, -0.05) is 0 Å². The zero-order chi connectivity index (χ0) is 11.4. The first-order valence-electron chi connectivity index (χ1n) is 4.26. The summed E-state index contributed by atoms with van der Waals surface area (Å²) in [6, 6.07) is 5.43. The average Bonchev–Trinajstić information content (AvgIpc) is 2.27. The van der Waals surface area contributed by atoms with E-state index in [9.17, 15) is 14.6 Å². The van der Waals surface area contributed by atoms with Gasteiger partial charge in [0.15, 0.2) is 0 Å². The third-order valence-corrected chi connectivity index (χ3v) is 2.37. The first kappa shape index (κ1) is 12.0. The Bertz CT molecular complexity index is 391. The Hall–Kier alpha value is -1.09. The van der Waals surface area contributed by atoms with Crippen molar-refractivity contribution in [1.82, 2.24) is 0 Å². The Morgan fingerprint density at radius 3 is 2.67 bits per heavy atom. The van der Waals surface area contributed by atoms with Gasteiger partial charge in [-0.05, 0) is 18.2 Å². The zero-order valence-corrected chi connectivity index (χ0v) is 8.66. The highest BCUT2D eigenvalue weighted by Gasteiger charge is 2.20. The van der Waals surface area contributed by atoms with Crippen molar-refractivity contribution in [2.75, 3.05) is 5.75 Å². The van der Waals surface area contributed by atoms with Crippen LogP contribution in [0.15, 0.2) is 18.2 Å². The molecule has 0 fully saturated rings. The van der Waals surface area contributed by atoms with Gasteiger partial charge in [0.25, 0.3) is 0 Å². The Morgan fingerprint density at radius 2 is 2.13 bits per heavy atom. The van der Waals surface area contributed by atoms with Crippen molar-refractivity contribution in [1.29, 1.82) is 5.26 Å². The summed E-state index contributed by atoms with van der Waals surface area (Å²) in [7, 11) is 0. The number of nitriles is 1. The first-order chi connectivity index (χ1) is 7.10. The van der Waals surface area contributed by atoms with E-state index in [4.69, 9.17) is 5.26 Å². The van der Waals surface area contributed by atoms with E-state index in [1.165, 1.54) is 12.1 Å². The van der Waals surface area contributed by atoms with Gasteiger partial charge in [-0.3, -0.25) is 0 Å². The highest BCUT2D eigenvalue weighted by atomic mass is 32.1. The van der Waals surface area contributed by atoms with E-state index in [2.05, 4.69) is 12.6 Å². The molecule has 3 nitrogen and oxygen atoms in total. The molecule has 0 saturated heterocycles. The molecule has 0 bridgehead atoms. The summed E-state index contributed by atoms with van der Waals surface area (Å²) in [6.45, 7) is 0. The van der Waals surface area contributed by atoms with Gasteiger partial charge in [0.05, 0.1) is 17.7 Å². The molecule has 0 amide bonds. The Labute approximate surface area is 92.2 Å². The number of thiol groups is 1. The lowest BCUT2D eigenvalue weighted by Gasteiger charge is -2.16. The summed E-state index contributed by atoms with van der Waals surface area (Å²) in [4.78, 5) is 0. The molecule has 0 heterocycles. The molecule has 0 aliphatic heterocycles. The van der Waals surface area contributed by atoms with Gasteiger partial charge in [0, 0.05) is 11.3 Å². The van der Waals surface area contributed by atoms with Crippen LogP contribution >= 0.6 is 12.6 Å². The van der Waals surface area contributed by atoms with Crippen molar-refractivity contribution >= 4 is 12.6 Å². The largest absolute Gasteiger partial charge is 0.389 e. The number of benzene rings is 1. The van der Waals surface area contributed by atoms with E-state index in [-0.39, 0.29) is 16.9 Å². The van der Waals surface area contributed by atoms with Crippen molar-refractivity contribution in [3.05, 3.63) is 35.1 Å². The highest BCUT2D eigenvalue weighted by molar-refractivity contribution is 7.80. The third-order valence-electron chi connectivity index (χ3n) is 2.00. The van der Waals surface area contributed by atoms with Crippen LogP contribution in [-0.4, -0.2) is 22.1 Å². The van der Waals surface area contributed by atoms with Crippen LogP contribution in [0.2, 0.25) is 0 Å². The van der Waals surface area contributed by atoms with Crippen molar-refractivity contribution in [3.8, 4) is 6.07 Å². The van der Waals surface area contributed by atoms with Crippen LogP contribution in [0, 0.1) is 17.1 Å². The number of nitrogens with zero attached hydrogens (tertiary/aromatic N) is 1. The predicted octanol–water partition coefficient (Wildman–Crippen LogP) is 1.02. The number of aliphatic hydroxyl groups is 2. The second-order valence-electron chi connectivity index (χ2n) is 3.04. The molecule has 0 aliphatic carbocycles. The zero-order valence-electron chi connectivity index (χ0n) is 7.76. The minimum atomic E-state index is -1.36. The smallest absolute Gasteiger partial charge is 0.129 e. The Balaban J connectivity index is 3.07. The molecule has 1 aromatic carbocycles. The summed E-state index contributed by atoms with van der Waals surface area (Å²) >= 11 is 3.79. The fourth-order valence-corrected chi connectivity index (χ4v) is 1.35. The van der Waals surface area contributed by atoms with E-state index in [0.29, 0.717) is 0 Å². The monoisotopic (exact) mass is 227 g/mol. The lowest BCUT2D eigenvalue weighted by molar-refractivity contribution is 0.0315. The maximum absolute atomic E-state index is 13.2. The molecule has 15 heavy (non-hydrogen) atoms. The van der Waals surface area contributed by atoms with Crippen molar-refractivity contribution < 1.29 is 14.6 Å². The number of hydrogen-bond donors (Lipinski definition) is 3. The van der Waals surface area contributed by atoms with Crippen LogP contribution in [0.5, 0.6) is 0 Å². The second kappa shape index (κ2) is 5.12. The lowest BCUT2D eigenvalue weighted by Crippen LogP contribution is -2.20. The van der Waals surface area contributed by atoms with Crippen molar-refractivity contribution in [3.63, 3.8) is 0 Å². The first-order valence-corrected chi connectivity index (χ1v) is 4.90. The molecule has 0 aliphatic rings. The van der Waals surface area contributed by atoms with Gasteiger partial charge >= 0.3 is 0 Å². The van der Waals surface area contributed by atoms with Crippen LogP contribution in [0.25, 0.3) is 0 Å². The number of halogens is 1. The third kappa shape index (κ3) is 2.69. The predicted molar refractivity (Wildman–Crippen MR) is 55.9 cm³/mol. The Morgan fingerprint density at radius 1 is 1.47 bits per heavy atom. The molecular weight excluding hydrogens is 217 g/mol. The number of rotatable bonds is 3.